The average Bonchev–Trinajstić information content (AvgIpc) is 2.91. The van der Waals surface area contributed by atoms with Gasteiger partial charge in [0.15, 0.2) is 4.80 Å². The highest BCUT2D eigenvalue weighted by Crippen LogP contribution is 2.23. The molecule has 1 aromatic heterocycles. The van der Waals surface area contributed by atoms with E-state index in [0.717, 1.165) is 15.8 Å². The number of hydrogen-bond acceptors (Lipinski definition) is 4. The van der Waals surface area contributed by atoms with Gasteiger partial charge in [-0.1, -0.05) is 41.7 Å². The van der Waals surface area contributed by atoms with Crippen LogP contribution in [0, 0.1) is 10.1 Å². The molecule has 0 aliphatic carbocycles. The van der Waals surface area contributed by atoms with E-state index in [2.05, 4.69) is 4.99 Å². The number of carbonyl (C=O) groups is 1. The number of fused-ring (bicyclic) bond motifs is 1. The van der Waals surface area contributed by atoms with Crippen molar-refractivity contribution in [2.45, 2.75) is 19.9 Å². The van der Waals surface area contributed by atoms with Crippen LogP contribution in [0.1, 0.15) is 12.5 Å². The lowest BCUT2D eigenvalue weighted by Crippen LogP contribution is -2.16. The van der Waals surface area contributed by atoms with E-state index in [1.807, 2.05) is 41.8 Å². The minimum absolute atomic E-state index is 0.0363. The summed E-state index contributed by atoms with van der Waals surface area (Å²) in [6, 6.07) is 14.1. The Balaban J connectivity index is 2.01. The van der Waals surface area contributed by atoms with E-state index in [4.69, 9.17) is 0 Å². The van der Waals surface area contributed by atoms with Gasteiger partial charge in [0.25, 0.3) is 11.6 Å². The second-order valence-corrected chi connectivity index (χ2v) is 6.22. The number of rotatable bonds is 4. The Morgan fingerprint density at radius 1 is 1.25 bits per heavy atom. The van der Waals surface area contributed by atoms with Crippen LogP contribution in [0.2, 0.25) is 0 Å². The number of hydrogen-bond donors (Lipinski definition) is 0. The number of aryl methyl sites for hydroxylation is 1. The fourth-order valence-corrected chi connectivity index (χ4v) is 3.63. The summed E-state index contributed by atoms with van der Waals surface area (Å²) in [5, 5.41) is 10.9. The van der Waals surface area contributed by atoms with Gasteiger partial charge in [0.05, 0.1) is 21.6 Å². The molecule has 0 spiro atoms. The van der Waals surface area contributed by atoms with Crippen molar-refractivity contribution in [1.82, 2.24) is 4.57 Å². The summed E-state index contributed by atoms with van der Waals surface area (Å²) in [6.45, 7) is 2.59. The summed E-state index contributed by atoms with van der Waals surface area (Å²) in [5.41, 5.74) is 1.79. The monoisotopic (exact) mass is 341 g/mol. The maximum absolute atomic E-state index is 12.2. The second-order valence-electron chi connectivity index (χ2n) is 5.21. The maximum Gasteiger partial charge on any atom is 0.270 e. The van der Waals surface area contributed by atoms with E-state index >= 15 is 0 Å². The average molecular weight is 341 g/mol. The highest BCUT2D eigenvalue weighted by atomic mass is 32.1. The third-order valence-corrected chi connectivity index (χ3v) is 4.65. The van der Waals surface area contributed by atoms with E-state index in [1.165, 1.54) is 23.5 Å². The maximum atomic E-state index is 12.2. The zero-order valence-electron chi connectivity index (χ0n) is 13.0. The molecule has 0 aliphatic rings. The topological polar surface area (TPSA) is 77.5 Å². The van der Waals surface area contributed by atoms with Gasteiger partial charge in [0.2, 0.25) is 0 Å². The number of nitro benzene ring substituents is 1. The smallest absolute Gasteiger partial charge is 0.270 e. The molecule has 122 valence electrons. The van der Waals surface area contributed by atoms with Crippen LogP contribution in [0.5, 0.6) is 0 Å². The lowest BCUT2D eigenvalue weighted by Gasteiger charge is -2.00. The fraction of sp³-hybridized carbons (Fsp3) is 0.176. The molecule has 1 amide bonds. The van der Waals surface area contributed by atoms with Gasteiger partial charge in [-0.25, -0.2) is 0 Å². The summed E-state index contributed by atoms with van der Waals surface area (Å²) < 4.78 is 2.64. The summed E-state index contributed by atoms with van der Waals surface area (Å²) in [7, 11) is 0. The van der Waals surface area contributed by atoms with Crippen molar-refractivity contribution in [2.75, 3.05) is 0 Å². The van der Waals surface area contributed by atoms with Gasteiger partial charge in [0, 0.05) is 18.7 Å². The molecule has 0 bridgehead atoms. The molecule has 0 fully saturated rings. The normalized spacial score (nSPS) is 11.8. The number of thiazole rings is 1. The molecule has 24 heavy (non-hydrogen) atoms. The van der Waals surface area contributed by atoms with Gasteiger partial charge < -0.3 is 4.57 Å². The fourth-order valence-electron chi connectivity index (χ4n) is 2.48. The van der Waals surface area contributed by atoms with Crippen molar-refractivity contribution < 1.29 is 9.72 Å². The van der Waals surface area contributed by atoms with Crippen molar-refractivity contribution in [3.8, 4) is 0 Å². The van der Waals surface area contributed by atoms with Crippen molar-refractivity contribution in [1.29, 1.82) is 0 Å². The Hall–Kier alpha value is -2.80. The number of nitro groups is 1. The van der Waals surface area contributed by atoms with E-state index < -0.39 is 4.92 Å². The van der Waals surface area contributed by atoms with Crippen LogP contribution >= 0.6 is 11.3 Å². The van der Waals surface area contributed by atoms with E-state index in [-0.39, 0.29) is 18.0 Å². The molecule has 1 heterocycles. The highest BCUT2D eigenvalue weighted by Gasteiger charge is 2.12. The van der Waals surface area contributed by atoms with Gasteiger partial charge in [-0.15, -0.1) is 0 Å². The van der Waals surface area contributed by atoms with Crippen LogP contribution in [-0.4, -0.2) is 15.4 Å². The van der Waals surface area contributed by atoms with Crippen LogP contribution in [0.4, 0.5) is 5.69 Å². The van der Waals surface area contributed by atoms with Crippen molar-refractivity contribution in [3.05, 3.63) is 69.0 Å². The molecule has 2 aromatic carbocycles. The number of non-ortho nitro benzene ring substituents is 1. The third kappa shape index (κ3) is 3.26. The van der Waals surface area contributed by atoms with Crippen molar-refractivity contribution in [2.24, 2.45) is 4.99 Å². The third-order valence-electron chi connectivity index (χ3n) is 3.61. The molecule has 0 radical (unpaired) electrons. The lowest BCUT2D eigenvalue weighted by molar-refractivity contribution is -0.384. The number of nitrogens with zero attached hydrogens (tertiary/aromatic N) is 3. The number of amides is 1. The van der Waals surface area contributed by atoms with Gasteiger partial charge in [-0.3, -0.25) is 14.9 Å². The lowest BCUT2D eigenvalue weighted by atomic mass is 10.1. The molecular weight excluding hydrogens is 326 g/mol. The minimum Gasteiger partial charge on any atom is -0.317 e. The second kappa shape index (κ2) is 6.76. The predicted molar refractivity (Wildman–Crippen MR) is 92.9 cm³/mol. The first-order valence-electron chi connectivity index (χ1n) is 7.47. The molecule has 6 nitrogen and oxygen atoms in total. The highest BCUT2D eigenvalue weighted by molar-refractivity contribution is 7.16. The van der Waals surface area contributed by atoms with Crippen LogP contribution in [-0.2, 0) is 17.8 Å². The quantitative estimate of drug-likeness (QED) is 0.539. The van der Waals surface area contributed by atoms with Gasteiger partial charge in [-0.2, -0.15) is 4.99 Å². The summed E-state index contributed by atoms with van der Waals surface area (Å²) in [6.07, 6.45) is 0.235. The summed E-state index contributed by atoms with van der Waals surface area (Å²) in [5.74, 6) is -0.232. The summed E-state index contributed by atoms with van der Waals surface area (Å²) in [4.78, 5) is 27.5. The molecule has 3 aromatic rings. The largest absolute Gasteiger partial charge is 0.317 e. The van der Waals surface area contributed by atoms with Crippen LogP contribution < -0.4 is 4.80 Å². The van der Waals surface area contributed by atoms with Crippen LogP contribution in [0.3, 0.4) is 0 Å². The minimum atomic E-state index is -0.424. The Labute approximate surface area is 141 Å². The Kier molecular flexibility index (Phi) is 4.52. The van der Waals surface area contributed by atoms with Crippen molar-refractivity contribution >= 4 is 33.1 Å². The first kappa shape index (κ1) is 16.1. The summed E-state index contributed by atoms with van der Waals surface area (Å²) >= 11 is 1.29. The molecule has 0 atom stereocenters. The molecule has 0 N–H and O–H groups in total. The number of benzene rings is 2. The van der Waals surface area contributed by atoms with Crippen LogP contribution in [0.15, 0.2) is 53.5 Å². The standard InChI is InChI=1S/C17H15N3O3S/c1-2-19-14-9-8-13(20(22)23)11-15(14)24-17(19)18-16(21)10-12-6-4-3-5-7-12/h3-9,11H,2,10H2,1H3. The molecule has 3 rings (SSSR count). The first-order chi connectivity index (χ1) is 11.6. The SMILES string of the molecule is CCn1c(=NC(=O)Cc2ccccc2)sc2cc([N+](=O)[O-])ccc21. The predicted octanol–water partition coefficient (Wildman–Crippen LogP) is 3.30. The van der Waals surface area contributed by atoms with E-state index in [0.29, 0.717) is 11.3 Å². The van der Waals surface area contributed by atoms with E-state index in [1.54, 1.807) is 6.07 Å². The molecule has 0 unspecified atom stereocenters. The van der Waals surface area contributed by atoms with Crippen molar-refractivity contribution in [3.63, 3.8) is 0 Å². The number of aromatic nitrogens is 1. The molecule has 0 saturated heterocycles. The Bertz CT molecular complexity index is 974. The van der Waals surface area contributed by atoms with Gasteiger partial charge >= 0.3 is 0 Å². The molecule has 7 heteroatoms. The van der Waals surface area contributed by atoms with Gasteiger partial charge in [0.1, 0.15) is 0 Å². The zero-order chi connectivity index (χ0) is 17.1. The zero-order valence-corrected chi connectivity index (χ0v) is 13.8. The molecule has 0 aliphatic heterocycles. The first-order valence-corrected chi connectivity index (χ1v) is 8.29. The van der Waals surface area contributed by atoms with Crippen LogP contribution in [0.25, 0.3) is 10.2 Å². The van der Waals surface area contributed by atoms with E-state index in [9.17, 15) is 14.9 Å². The number of carbonyl (C=O) groups excluding carboxylic acids is 1. The van der Waals surface area contributed by atoms with Gasteiger partial charge in [-0.05, 0) is 18.6 Å². The Morgan fingerprint density at radius 3 is 2.67 bits per heavy atom. The molecule has 0 saturated carbocycles. The Morgan fingerprint density at radius 2 is 2.00 bits per heavy atom. The molecular formula is C17H15N3O3S.